The Hall–Kier alpha value is -3.60. The third kappa shape index (κ3) is 4.46. The molecule has 0 saturated carbocycles. The molecule has 0 aliphatic carbocycles. The first kappa shape index (κ1) is 18.7. The Balaban J connectivity index is 1.37. The predicted molar refractivity (Wildman–Crippen MR) is 119 cm³/mol. The first-order valence-corrected chi connectivity index (χ1v) is 9.67. The van der Waals surface area contributed by atoms with Gasteiger partial charge in [-0.05, 0) is 79.4 Å². The van der Waals surface area contributed by atoms with Crippen molar-refractivity contribution in [3.8, 4) is 11.5 Å². The van der Waals surface area contributed by atoms with Gasteiger partial charge in [0.15, 0.2) is 0 Å². The number of nitrogens with zero attached hydrogens (tertiary/aromatic N) is 2. The molecule has 1 aromatic heterocycles. The maximum atomic E-state index is 5.96. The molecule has 0 amide bonds. The minimum atomic E-state index is 0.703. The van der Waals surface area contributed by atoms with E-state index in [0.29, 0.717) is 5.69 Å². The summed E-state index contributed by atoms with van der Waals surface area (Å²) < 4.78 is 5.96. The van der Waals surface area contributed by atoms with Crippen LogP contribution in [0, 0.1) is 13.8 Å². The minimum Gasteiger partial charge on any atom is -0.457 e. The summed E-state index contributed by atoms with van der Waals surface area (Å²) in [6, 6.07) is 20.0. The van der Waals surface area contributed by atoms with E-state index in [2.05, 4.69) is 53.4 Å². The normalized spacial score (nSPS) is 10.8. The van der Waals surface area contributed by atoms with Gasteiger partial charge in [-0.2, -0.15) is 0 Å². The van der Waals surface area contributed by atoms with E-state index >= 15 is 0 Å². The lowest BCUT2D eigenvalue weighted by molar-refractivity contribution is 0.482. The summed E-state index contributed by atoms with van der Waals surface area (Å²) >= 11 is 0. The molecule has 0 spiro atoms. The molecule has 4 aromatic rings. The molecule has 5 nitrogen and oxygen atoms in total. The summed E-state index contributed by atoms with van der Waals surface area (Å²) in [5.41, 5.74) is 11.2. The third-order valence-electron chi connectivity index (χ3n) is 5.00. The van der Waals surface area contributed by atoms with Crippen molar-refractivity contribution >= 4 is 22.4 Å². The van der Waals surface area contributed by atoms with Gasteiger partial charge in [-0.1, -0.05) is 18.2 Å². The number of fused-ring (bicyclic) bond motifs is 1. The van der Waals surface area contributed by atoms with Crippen molar-refractivity contribution < 1.29 is 4.74 Å². The number of rotatable bonds is 6. The van der Waals surface area contributed by atoms with E-state index in [-0.39, 0.29) is 0 Å². The van der Waals surface area contributed by atoms with Gasteiger partial charge in [-0.25, -0.2) is 9.97 Å². The van der Waals surface area contributed by atoms with Crippen molar-refractivity contribution in [2.75, 3.05) is 17.6 Å². The Labute approximate surface area is 170 Å². The number of aromatic nitrogens is 2. The van der Waals surface area contributed by atoms with Crippen LogP contribution in [-0.4, -0.2) is 16.5 Å². The molecule has 5 heteroatoms. The molecule has 1 heterocycles. The highest BCUT2D eigenvalue weighted by Gasteiger charge is 2.04. The Morgan fingerprint density at radius 1 is 0.862 bits per heavy atom. The Morgan fingerprint density at radius 2 is 1.66 bits per heavy atom. The fourth-order valence-corrected chi connectivity index (χ4v) is 3.18. The molecule has 0 bridgehead atoms. The number of hydrogen-bond acceptors (Lipinski definition) is 5. The molecule has 0 aliphatic heterocycles. The van der Waals surface area contributed by atoms with Gasteiger partial charge in [0.2, 0.25) is 0 Å². The Morgan fingerprint density at radius 3 is 2.45 bits per heavy atom. The van der Waals surface area contributed by atoms with Gasteiger partial charge in [0.05, 0.1) is 5.52 Å². The van der Waals surface area contributed by atoms with Crippen LogP contribution in [0.3, 0.4) is 0 Å². The van der Waals surface area contributed by atoms with E-state index in [1.165, 1.54) is 16.7 Å². The fraction of sp³-hybridized carbons (Fsp3) is 0.167. The van der Waals surface area contributed by atoms with E-state index in [1.807, 2.05) is 36.4 Å². The first-order valence-electron chi connectivity index (χ1n) is 9.67. The fourth-order valence-electron chi connectivity index (χ4n) is 3.18. The van der Waals surface area contributed by atoms with Crippen LogP contribution >= 0.6 is 0 Å². The second-order valence-corrected chi connectivity index (χ2v) is 7.17. The van der Waals surface area contributed by atoms with Crippen molar-refractivity contribution in [2.45, 2.75) is 20.3 Å². The number of anilines is 2. The van der Waals surface area contributed by atoms with E-state index in [4.69, 9.17) is 10.5 Å². The number of benzene rings is 3. The van der Waals surface area contributed by atoms with E-state index in [1.54, 1.807) is 6.33 Å². The summed E-state index contributed by atoms with van der Waals surface area (Å²) in [5.74, 6) is 2.50. The van der Waals surface area contributed by atoms with Gasteiger partial charge in [0.1, 0.15) is 23.6 Å². The maximum absolute atomic E-state index is 5.96. The molecule has 0 saturated heterocycles. The average Bonchev–Trinajstić information content (AvgIpc) is 2.72. The van der Waals surface area contributed by atoms with Crippen LogP contribution in [0.1, 0.15) is 16.7 Å². The number of nitrogens with one attached hydrogen (secondary N) is 1. The number of hydrogen-bond donors (Lipinski definition) is 2. The second-order valence-electron chi connectivity index (χ2n) is 7.17. The molecule has 0 unspecified atom stereocenters. The van der Waals surface area contributed by atoms with Crippen LogP contribution in [0.4, 0.5) is 11.5 Å². The van der Waals surface area contributed by atoms with Crippen LogP contribution in [0.2, 0.25) is 0 Å². The van der Waals surface area contributed by atoms with Gasteiger partial charge in [-0.3, -0.25) is 0 Å². The molecule has 146 valence electrons. The zero-order valence-corrected chi connectivity index (χ0v) is 16.6. The smallest absolute Gasteiger partial charge is 0.137 e. The summed E-state index contributed by atoms with van der Waals surface area (Å²) in [5, 5.41) is 4.33. The topological polar surface area (TPSA) is 73.1 Å². The first-order chi connectivity index (χ1) is 14.1. The van der Waals surface area contributed by atoms with Gasteiger partial charge >= 0.3 is 0 Å². The standard InChI is InChI=1S/C24H24N4O/c1-16-3-7-21(13-17(16)2)29-20-8-4-18(5-9-20)11-12-26-24-22-14-19(25)6-10-23(22)27-15-28-24/h3-10,13-15H,11-12,25H2,1-2H3,(H,26,27,28). The van der Waals surface area contributed by atoms with Crippen LogP contribution < -0.4 is 15.8 Å². The number of aryl methyl sites for hydroxylation is 2. The molecule has 0 atom stereocenters. The SMILES string of the molecule is Cc1ccc(Oc2ccc(CCNc3ncnc4ccc(N)cc34)cc2)cc1C. The molecule has 0 fully saturated rings. The summed E-state index contributed by atoms with van der Waals surface area (Å²) in [6.45, 7) is 4.95. The molecule has 0 aliphatic rings. The molecular formula is C24H24N4O. The largest absolute Gasteiger partial charge is 0.457 e. The van der Waals surface area contributed by atoms with Crippen LogP contribution in [0.15, 0.2) is 67.0 Å². The minimum absolute atomic E-state index is 0.703. The van der Waals surface area contributed by atoms with E-state index < -0.39 is 0 Å². The van der Waals surface area contributed by atoms with Crippen molar-refractivity contribution in [3.63, 3.8) is 0 Å². The molecule has 3 aromatic carbocycles. The molecule has 4 rings (SSSR count). The van der Waals surface area contributed by atoms with Gasteiger partial charge < -0.3 is 15.8 Å². The van der Waals surface area contributed by atoms with E-state index in [0.717, 1.165) is 41.2 Å². The van der Waals surface area contributed by atoms with Crippen LogP contribution in [-0.2, 0) is 6.42 Å². The number of nitrogens with two attached hydrogens (primary N) is 1. The monoisotopic (exact) mass is 384 g/mol. The lowest BCUT2D eigenvalue weighted by Crippen LogP contribution is -2.07. The van der Waals surface area contributed by atoms with Crippen molar-refractivity contribution in [1.29, 1.82) is 0 Å². The van der Waals surface area contributed by atoms with Crippen molar-refractivity contribution in [2.24, 2.45) is 0 Å². The molecular weight excluding hydrogens is 360 g/mol. The molecule has 29 heavy (non-hydrogen) atoms. The number of ether oxygens (including phenoxy) is 1. The Kier molecular flexibility index (Phi) is 5.29. The maximum Gasteiger partial charge on any atom is 0.137 e. The molecule has 0 radical (unpaired) electrons. The quantitative estimate of drug-likeness (QED) is 0.443. The van der Waals surface area contributed by atoms with Crippen molar-refractivity contribution in [3.05, 3.63) is 83.7 Å². The second kappa shape index (κ2) is 8.19. The highest BCUT2D eigenvalue weighted by molar-refractivity contribution is 5.91. The predicted octanol–water partition coefficient (Wildman–Crippen LogP) is 5.28. The summed E-state index contributed by atoms with van der Waals surface area (Å²) in [6.07, 6.45) is 2.44. The number of nitrogen functional groups attached to an aromatic ring is 1. The van der Waals surface area contributed by atoms with Gasteiger partial charge in [0, 0.05) is 17.6 Å². The zero-order valence-electron chi connectivity index (χ0n) is 16.6. The van der Waals surface area contributed by atoms with Crippen LogP contribution in [0.25, 0.3) is 10.9 Å². The highest BCUT2D eigenvalue weighted by Crippen LogP contribution is 2.24. The average molecular weight is 384 g/mol. The summed E-state index contributed by atoms with van der Waals surface area (Å²) in [7, 11) is 0. The lowest BCUT2D eigenvalue weighted by atomic mass is 10.1. The zero-order chi connectivity index (χ0) is 20.2. The van der Waals surface area contributed by atoms with Crippen LogP contribution in [0.5, 0.6) is 11.5 Å². The Bertz CT molecular complexity index is 1140. The van der Waals surface area contributed by atoms with Gasteiger partial charge in [-0.15, -0.1) is 0 Å². The lowest BCUT2D eigenvalue weighted by Gasteiger charge is -2.10. The third-order valence-corrected chi connectivity index (χ3v) is 5.00. The highest BCUT2D eigenvalue weighted by atomic mass is 16.5. The van der Waals surface area contributed by atoms with E-state index in [9.17, 15) is 0 Å². The van der Waals surface area contributed by atoms with Gasteiger partial charge in [0.25, 0.3) is 0 Å². The molecule has 3 N–H and O–H groups in total. The summed E-state index contributed by atoms with van der Waals surface area (Å²) in [4.78, 5) is 8.64. The van der Waals surface area contributed by atoms with Crippen molar-refractivity contribution in [1.82, 2.24) is 9.97 Å².